The second-order valence-electron chi connectivity index (χ2n) is 5.19. The zero-order valence-electron chi connectivity index (χ0n) is 11.7. The van der Waals surface area contributed by atoms with Gasteiger partial charge in [0, 0.05) is 37.1 Å². The van der Waals surface area contributed by atoms with Crippen LogP contribution in [0, 0.1) is 0 Å². The van der Waals surface area contributed by atoms with Crippen LogP contribution >= 0.6 is 0 Å². The molecule has 1 unspecified atom stereocenters. The Morgan fingerprint density at radius 3 is 2.70 bits per heavy atom. The Hall–Kier alpha value is -2.17. The number of Topliss-reactive ketones (excluding diaryl/α,β-unsaturated/α-hetero) is 1. The number of hydrogen-bond donors (Lipinski definition) is 1. The van der Waals surface area contributed by atoms with E-state index in [0.29, 0.717) is 24.0 Å². The molecule has 20 heavy (non-hydrogen) atoms. The van der Waals surface area contributed by atoms with E-state index in [4.69, 9.17) is 5.73 Å². The molecule has 0 radical (unpaired) electrons. The molecule has 1 aromatic rings. The molecule has 1 atom stereocenters. The second kappa shape index (κ2) is 5.45. The maximum absolute atomic E-state index is 12.5. The van der Waals surface area contributed by atoms with Crippen molar-refractivity contribution in [1.82, 2.24) is 4.90 Å². The number of fused-ring (bicyclic) bond motifs is 1. The van der Waals surface area contributed by atoms with Crippen LogP contribution in [-0.4, -0.2) is 35.6 Å². The van der Waals surface area contributed by atoms with Gasteiger partial charge in [-0.15, -0.1) is 0 Å². The lowest BCUT2D eigenvalue weighted by Crippen LogP contribution is -2.38. The molecule has 0 saturated heterocycles. The van der Waals surface area contributed by atoms with Crippen molar-refractivity contribution < 1.29 is 14.4 Å². The minimum Gasteiger partial charge on any atom is -0.370 e. The summed E-state index contributed by atoms with van der Waals surface area (Å²) in [5.41, 5.74) is 7.17. The molecule has 0 aromatic heterocycles. The molecule has 2 amide bonds. The summed E-state index contributed by atoms with van der Waals surface area (Å²) in [4.78, 5) is 36.6. The summed E-state index contributed by atoms with van der Waals surface area (Å²) in [6, 6.07) is 4.94. The van der Waals surface area contributed by atoms with Gasteiger partial charge >= 0.3 is 0 Å². The van der Waals surface area contributed by atoms with Crippen LogP contribution in [0.25, 0.3) is 0 Å². The normalized spacial score (nSPS) is 14.8. The van der Waals surface area contributed by atoms with Gasteiger partial charge in [-0.1, -0.05) is 12.1 Å². The first kappa shape index (κ1) is 14.2. The monoisotopic (exact) mass is 274 g/mol. The molecule has 1 aliphatic carbocycles. The molecule has 2 rings (SSSR count). The average Bonchev–Trinajstić information content (AvgIpc) is 2.78. The number of nitrogens with two attached hydrogens (primary N) is 1. The summed E-state index contributed by atoms with van der Waals surface area (Å²) >= 11 is 0. The van der Waals surface area contributed by atoms with Crippen LogP contribution in [0.5, 0.6) is 0 Å². The van der Waals surface area contributed by atoms with E-state index >= 15 is 0 Å². The smallest absolute Gasteiger partial charge is 0.254 e. The number of amides is 2. The minimum absolute atomic E-state index is 0.0856. The van der Waals surface area contributed by atoms with E-state index in [-0.39, 0.29) is 24.2 Å². The topological polar surface area (TPSA) is 80.5 Å². The van der Waals surface area contributed by atoms with E-state index in [1.165, 1.54) is 4.90 Å². The van der Waals surface area contributed by atoms with Crippen LogP contribution in [0.2, 0.25) is 0 Å². The van der Waals surface area contributed by atoms with Gasteiger partial charge < -0.3 is 10.6 Å². The highest BCUT2D eigenvalue weighted by molar-refractivity contribution is 6.05. The van der Waals surface area contributed by atoms with Crippen LogP contribution in [0.3, 0.4) is 0 Å². The highest BCUT2D eigenvalue weighted by Gasteiger charge is 2.27. The van der Waals surface area contributed by atoms with Crippen molar-refractivity contribution in [2.24, 2.45) is 5.73 Å². The van der Waals surface area contributed by atoms with Gasteiger partial charge in [-0.25, -0.2) is 0 Å². The van der Waals surface area contributed by atoms with Gasteiger partial charge in [0.15, 0.2) is 5.78 Å². The Bertz CT molecular complexity index is 580. The van der Waals surface area contributed by atoms with Gasteiger partial charge in [-0.05, 0) is 25.0 Å². The summed E-state index contributed by atoms with van der Waals surface area (Å²) in [6.07, 6.45) is 1.19. The summed E-state index contributed by atoms with van der Waals surface area (Å²) in [5, 5.41) is 0. The van der Waals surface area contributed by atoms with Crippen molar-refractivity contribution in [1.29, 1.82) is 0 Å². The molecule has 1 aromatic carbocycles. The standard InChI is InChI=1S/C15H18N2O3/c1-9(8-14(16)19)17(2)15(20)12-5-3-4-11-10(12)6-7-13(11)18/h3-5,9H,6-8H2,1-2H3,(H2,16,19). The summed E-state index contributed by atoms with van der Waals surface area (Å²) in [6.45, 7) is 1.77. The third-order valence-corrected chi connectivity index (χ3v) is 3.79. The van der Waals surface area contributed by atoms with E-state index in [1.54, 1.807) is 32.2 Å². The third-order valence-electron chi connectivity index (χ3n) is 3.79. The second-order valence-corrected chi connectivity index (χ2v) is 5.19. The molecule has 0 fully saturated rings. The summed E-state index contributed by atoms with van der Waals surface area (Å²) < 4.78 is 0. The lowest BCUT2D eigenvalue weighted by atomic mass is 10.0. The van der Waals surface area contributed by atoms with Crippen molar-refractivity contribution >= 4 is 17.6 Å². The number of benzene rings is 1. The number of ketones is 1. The first-order valence-corrected chi connectivity index (χ1v) is 6.62. The molecule has 0 spiro atoms. The SMILES string of the molecule is CC(CC(N)=O)N(C)C(=O)c1cccc2c1CCC2=O. The maximum atomic E-state index is 12.5. The van der Waals surface area contributed by atoms with E-state index < -0.39 is 5.91 Å². The fraction of sp³-hybridized carbons (Fsp3) is 0.400. The predicted octanol–water partition coefficient (Wildman–Crippen LogP) is 1.15. The van der Waals surface area contributed by atoms with E-state index in [0.717, 1.165) is 5.56 Å². The van der Waals surface area contributed by atoms with Crippen LogP contribution in [0.1, 0.15) is 46.0 Å². The first-order chi connectivity index (χ1) is 9.41. The fourth-order valence-electron chi connectivity index (χ4n) is 2.51. The van der Waals surface area contributed by atoms with Gasteiger partial charge in [-0.2, -0.15) is 0 Å². The largest absolute Gasteiger partial charge is 0.370 e. The van der Waals surface area contributed by atoms with Crippen molar-refractivity contribution in [3.63, 3.8) is 0 Å². The zero-order chi connectivity index (χ0) is 14.9. The van der Waals surface area contributed by atoms with Gasteiger partial charge in [0.2, 0.25) is 5.91 Å². The maximum Gasteiger partial charge on any atom is 0.254 e. The number of primary amides is 1. The molecule has 0 bridgehead atoms. The Morgan fingerprint density at radius 2 is 2.05 bits per heavy atom. The lowest BCUT2D eigenvalue weighted by Gasteiger charge is -2.25. The van der Waals surface area contributed by atoms with Crippen LogP contribution in [0.15, 0.2) is 18.2 Å². The molecule has 2 N–H and O–H groups in total. The van der Waals surface area contributed by atoms with Crippen LogP contribution in [-0.2, 0) is 11.2 Å². The van der Waals surface area contributed by atoms with Gasteiger partial charge in [0.05, 0.1) is 0 Å². The third kappa shape index (κ3) is 2.57. The van der Waals surface area contributed by atoms with E-state index in [2.05, 4.69) is 0 Å². The number of hydrogen-bond acceptors (Lipinski definition) is 3. The molecule has 0 saturated carbocycles. The van der Waals surface area contributed by atoms with E-state index in [1.807, 2.05) is 0 Å². The molecule has 0 heterocycles. The average molecular weight is 274 g/mol. The molecule has 1 aliphatic rings. The molecular formula is C15H18N2O3. The predicted molar refractivity (Wildman–Crippen MR) is 74.5 cm³/mol. The van der Waals surface area contributed by atoms with Crippen LogP contribution < -0.4 is 5.73 Å². The number of nitrogens with zero attached hydrogens (tertiary/aromatic N) is 1. The van der Waals surface area contributed by atoms with Gasteiger partial charge in [0.25, 0.3) is 5.91 Å². The first-order valence-electron chi connectivity index (χ1n) is 6.62. The zero-order valence-corrected chi connectivity index (χ0v) is 11.7. The van der Waals surface area contributed by atoms with Gasteiger partial charge in [-0.3, -0.25) is 14.4 Å². The van der Waals surface area contributed by atoms with Crippen molar-refractivity contribution in [2.45, 2.75) is 32.2 Å². The number of carbonyl (C=O) groups is 3. The minimum atomic E-state index is -0.439. The van der Waals surface area contributed by atoms with Crippen molar-refractivity contribution in [2.75, 3.05) is 7.05 Å². The molecular weight excluding hydrogens is 256 g/mol. The van der Waals surface area contributed by atoms with Crippen molar-refractivity contribution in [3.05, 3.63) is 34.9 Å². The van der Waals surface area contributed by atoms with E-state index in [9.17, 15) is 14.4 Å². The van der Waals surface area contributed by atoms with Crippen molar-refractivity contribution in [3.8, 4) is 0 Å². The fourth-order valence-corrected chi connectivity index (χ4v) is 2.51. The molecule has 5 heteroatoms. The highest BCUT2D eigenvalue weighted by Crippen LogP contribution is 2.26. The lowest BCUT2D eigenvalue weighted by molar-refractivity contribution is -0.118. The Kier molecular flexibility index (Phi) is 3.88. The molecule has 0 aliphatic heterocycles. The Morgan fingerprint density at radius 1 is 1.35 bits per heavy atom. The number of carbonyl (C=O) groups excluding carboxylic acids is 3. The quantitative estimate of drug-likeness (QED) is 0.894. The molecule has 5 nitrogen and oxygen atoms in total. The Labute approximate surface area is 117 Å². The van der Waals surface area contributed by atoms with Crippen LogP contribution in [0.4, 0.5) is 0 Å². The summed E-state index contributed by atoms with van der Waals surface area (Å²) in [5.74, 6) is -0.529. The highest BCUT2D eigenvalue weighted by atomic mass is 16.2. The van der Waals surface area contributed by atoms with Gasteiger partial charge in [0.1, 0.15) is 0 Å². The molecule has 106 valence electrons. The summed E-state index contributed by atoms with van der Waals surface area (Å²) in [7, 11) is 1.64. The Balaban J connectivity index is 2.26. The number of rotatable bonds is 4.